The molecule has 2 aromatic rings. The molecule has 6 heteroatoms. The summed E-state index contributed by atoms with van der Waals surface area (Å²) in [4.78, 5) is 11.9. The van der Waals surface area contributed by atoms with Crippen LogP contribution in [-0.4, -0.2) is 17.6 Å². The van der Waals surface area contributed by atoms with E-state index in [1.54, 1.807) is 0 Å². The maximum Gasteiger partial charge on any atom is 0.260 e. The van der Waals surface area contributed by atoms with Crippen molar-refractivity contribution in [3.63, 3.8) is 0 Å². The van der Waals surface area contributed by atoms with Gasteiger partial charge in [-0.25, -0.2) is 4.39 Å². The lowest BCUT2D eigenvalue weighted by atomic mass is 10.2. The molecule has 0 aliphatic heterocycles. The molecule has 4 nitrogen and oxygen atoms in total. The fourth-order valence-electron chi connectivity index (χ4n) is 1.49. The fraction of sp³-hybridized carbons (Fsp3) is 0.0714. The van der Waals surface area contributed by atoms with Gasteiger partial charge >= 0.3 is 0 Å². The predicted molar refractivity (Wildman–Crippen MR) is 72.0 cm³/mol. The van der Waals surface area contributed by atoms with Crippen LogP contribution in [0.4, 0.5) is 10.1 Å². The zero-order valence-electron chi connectivity index (χ0n) is 10.1. The Hall–Kier alpha value is -2.29. The molecular formula is C14H9ClFNO3. The second-order valence-corrected chi connectivity index (χ2v) is 4.06. The molecule has 1 aromatic heterocycles. The number of aliphatic hydroxyl groups is 1. The number of anilines is 1. The molecular weight excluding hydrogens is 285 g/mol. The number of hydrogen-bond donors (Lipinski definition) is 2. The van der Waals surface area contributed by atoms with Gasteiger partial charge in [-0.15, -0.1) is 0 Å². The van der Waals surface area contributed by atoms with E-state index in [0.717, 1.165) is 0 Å². The number of benzene rings is 1. The summed E-state index contributed by atoms with van der Waals surface area (Å²) >= 11 is 5.69. The van der Waals surface area contributed by atoms with E-state index < -0.39 is 11.7 Å². The van der Waals surface area contributed by atoms with E-state index in [9.17, 15) is 9.18 Å². The first-order valence-corrected chi connectivity index (χ1v) is 5.93. The summed E-state index contributed by atoms with van der Waals surface area (Å²) in [6, 6.07) is 5.36. The Balaban J connectivity index is 2.22. The predicted octanol–water partition coefficient (Wildman–Crippen LogP) is 2.67. The topological polar surface area (TPSA) is 62.5 Å². The summed E-state index contributed by atoms with van der Waals surface area (Å²) in [5, 5.41) is 11.1. The molecule has 0 atom stereocenters. The van der Waals surface area contributed by atoms with Crippen LogP contribution >= 0.6 is 11.6 Å². The van der Waals surface area contributed by atoms with Gasteiger partial charge in [0.15, 0.2) is 0 Å². The zero-order valence-corrected chi connectivity index (χ0v) is 10.9. The molecule has 102 valence electrons. The minimum atomic E-state index is -0.537. The second kappa shape index (κ2) is 6.24. The highest BCUT2D eigenvalue weighted by Gasteiger charge is 2.13. The van der Waals surface area contributed by atoms with Crippen molar-refractivity contribution in [3.8, 4) is 11.8 Å². The van der Waals surface area contributed by atoms with Crippen LogP contribution in [0, 0.1) is 17.7 Å². The first kappa shape index (κ1) is 14.1. The van der Waals surface area contributed by atoms with E-state index in [4.69, 9.17) is 21.1 Å². The third kappa shape index (κ3) is 3.18. The van der Waals surface area contributed by atoms with E-state index in [2.05, 4.69) is 17.2 Å². The van der Waals surface area contributed by atoms with E-state index in [1.807, 2.05) is 0 Å². The Morgan fingerprint density at radius 2 is 2.25 bits per heavy atom. The monoisotopic (exact) mass is 293 g/mol. The number of carbonyl (C=O) groups is 1. The zero-order chi connectivity index (χ0) is 14.5. The molecule has 0 spiro atoms. The molecule has 2 rings (SSSR count). The molecule has 0 unspecified atom stereocenters. The molecule has 0 bridgehead atoms. The Morgan fingerprint density at radius 1 is 1.45 bits per heavy atom. The molecule has 0 radical (unpaired) electrons. The summed E-state index contributed by atoms with van der Waals surface area (Å²) in [6.45, 7) is -0.374. The maximum absolute atomic E-state index is 13.4. The van der Waals surface area contributed by atoms with Crippen LogP contribution in [0.5, 0.6) is 0 Å². The van der Waals surface area contributed by atoms with Crippen molar-refractivity contribution >= 4 is 23.2 Å². The first-order chi connectivity index (χ1) is 9.61. The van der Waals surface area contributed by atoms with Crippen molar-refractivity contribution in [2.45, 2.75) is 0 Å². The van der Waals surface area contributed by atoms with Gasteiger partial charge in [-0.1, -0.05) is 11.8 Å². The summed E-state index contributed by atoms with van der Waals surface area (Å²) in [5.74, 6) is 3.78. The van der Waals surface area contributed by atoms with Crippen LogP contribution in [0.25, 0.3) is 0 Å². The lowest BCUT2D eigenvalue weighted by molar-refractivity contribution is 0.102. The average molecular weight is 294 g/mol. The van der Waals surface area contributed by atoms with Crippen molar-refractivity contribution in [2.24, 2.45) is 0 Å². The van der Waals surface area contributed by atoms with Crippen molar-refractivity contribution < 1.29 is 18.7 Å². The molecule has 20 heavy (non-hydrogen) atoms. The number of halogens is 2. The highest BCUT2D eigenvalue weighted by Crippen LogP contribution is 2.19. The van der Waals surface area contributed by atoms with E-state index in [0.29, 0.717) is 5.69 Å². The SMILES string of the molecule is O=C(Nc1ccc(F)c(C#CCO)c1)c1ccoc1Cl. The third-order valence-corrected chi connectivity index (χ3v) is 2.68. The number of rotatable bonds is 2. The third-order valence-electron chi connectivity index (χ3n) is 2.39. The van der Waals surface area contributed by atoms with Gasteiger partial charge in [-0.3, -0.25) is 4.79 Å². The molecule has 0 saturated heterocycles. The van der Waals surface area contributed by atoms with Crippen LogP contribution in [0.15, 0.2) is 34.9 Å². The van der Waals surface area contributed by atoms with Crippen LogP contribution in [-0.2, 0) is 0 Å². The van der Waals surface area contributed by atoms with Gasteiger partial charge in [0.25, 0.3) is 5.91 Å². The first-order valence-electron chi connectivity index (χ1n) is 5.55. The van der Waals surface area contributed by atoms with Crippen LogP contribution in [0.2, 0.25) is 5.22 Å². The van der Waals surface area contributed by atoms with E-state index >= 15 is 0 Å². The van der Waals surface area contributed by atoms with Crippen molar-refractivity contribution in [3.05, 3.63) is 52.7 Å². The van der Waals surface area contributed by atoms with Crippen molar-refractivity contribution in [2.75, 3.05) is 11.9 Å². The standard InChI is InChI=1S/C14H9ClFNO3/c15-13-11(5-7-20-13)14(19)17-10-3-4-12(16)9(8-10)2-1-6-18/h3-5,7-8,18H,6H2,(H,17,19). The quantitative estimate of drug-likeness (QED) is 0.837. The van der Waals surface area contributed by atoms with Crippen molar-refractivity contribution in [1.29, 1.82) is 0 Å². The highest BCUT2D eigenvalue weighted by atomic mass is 35.5. The Bertz CT molecular complexity index is 700. The van der Waals surface area contributed by atoms with Gasteiger partial charge < -0.3 is 14.8 Å². The number of aliphatic hydroxyl groups excluding tert-OH is 1. The van der Waals surface area contributed by atoms with Gasteiger partial charge in [0.05, 0.1) is 17.4 Å². The Labute approximate surface area is 119 Å². The maximum atomic E-state index is 13.4. The number of hydrogen-bond acceptors (Lipinski definition) is 3. The molecule has 1 heterocycles. The lowest BCUT2D eigenvalue weighted by Crippen LogP contribution is -2.11. The van der Waals surface area contributed by atoms with Gasteiger partial charge in [0, 0.05) is 5.69 Å². The average Bonchev–Trinajstić information content (AvgIpc) is 2.85. The molecule has 2 N–H and O–H groups in total. The van der Waals surface area contributed by atoms with Crippen molar-refractivity contribution in [1.82, 2.24) is 0 Å². The highest BCUT2D eigenvalue weighted by molar-refractivity contribution is 6.32. The van der Waals surface area contributed by atoms with E-state index in [-0.39, 0.29) is 23.0 Å². The van der Waals surface area contributed by atoms with Crippen LogP contribution < -0.4 is 5.32 Å². The fourth-order valence-corrected chi connectivity index (χ4v) is 1.69. The Kier molecular flexibility index (Phi) is 4.41. The smallest absolute Gasteiger partial charge is 0.260 e. The lowest BCUT2D eigenvalue weighted by Gasteiger charge is -2.05. The largest absolute Gasteiger partial charge is 0.452 e. The number of nitrogens with one attached hydrogen (secondary N) is 1. The van der Waals surface area contributed by atoms with Crippen LogP contribution in [0.3, 0.4) is 0 Å². The molecule has 0 saturated carbocycles. The summed E-state index contributed by atoms with van der Waals surface area (Å²) in [7, 11) is 0. The normalized spacial score (nSPS) is 9.75. The minimum Gasteiger partial charge on any atom is -0.452 e. The van der Waals surface area contributed by atoms with Gasteiger partial charge in [0.1, 0.15) is 12.4 Å². The van der Waals surface area contributed by atoms with Gasteiger partial charge in [-0.05, 0) is 35.9 Å². The van der Waals surface area contributed by atoms with Gasteiger partial charge in [0.2, 0.25) is 5.22 Å². The molecule has 0 aliphatic rings. The van der Waals surface area contributed by atoms with E-state index in [1.165, 1.54) is 30.5 Å². The second-order valence-electron chi connectivity index (χ2n) is 3.72. The molecule has 0 fully saturated rings. The summed E-state index contributed by atoms with van der Waals surface area (Å²) in [6.07, 6.45) is 1.29. The summed E-state index contributed by atoms with van der Waals surface area (Å²) < 4.78 is 18.2. The Morgan fingerprint density at radius 3 is 2.90 bits per heavy atom. The van der Waals surface area contributed by atoms with Crippen LogP contribution in [0.1, 0.15) is 15.9 Å². The minimum absolute atomic E-state index is 0.0232. The number of amides is 1. The number of carbonyl (C=O) groups excluding carboxylic acids is 1. The molecule has 0 aliphatic carbocycles. The van der Waals surface area contributed by atoms with Gasteiger partial charge in [-0.2, -0.15) is 0 Å². The molecule has 1 aromatic carbocycles. The summed E-state index contributed by atoms with van der Waals surface area (Å²) in [5.41, 5.74) is 0.616. The molecule has 1 amide bonds. The number of furan rings is 1.